The molecule has 0 saturated heterocycles. The van der Waals surface area contributed by atoms with E-state index in [9.17, 15) is 30.8 Å². The van der Waals surface area contributed by atoms with Gasteiger partial charge in [-0.25, -0.2) is 12.8 Å². The first-order valence-electron chi connectivity index (χ1n) is 10.5. The van der Waals surface area contributed by atoms with Crippen LogP contribution < -0.4 is 10.0 Å². The van der Waals surface area contributed by atoms with E-state index in [1.54, 1.807) is 30.3 Å². The van der Waals surface area contributed by atoms with Gasteiger partial charge in [0.2, 0.25) is 15.9 Å². The molecule has 0 fully saturated rings. The Bertz CT molecular complexity index is 1400. The lowest BCUT2D eigenvalue weighted by atomic mass is 9.98. The van der Waals surface area contributed by atoms with Crippen molar-refractivity contribution in [2.75, 3.05) is 11.0 Å². The number of carbonyl (C=O) groups excluding carboxylic acids is 1. The molecule has 1 aromatic heterocycles. The topological polar surface area (TPSA) is 88.2 Å². The van der Waals surface area contributed by atoms with Gasteiger partial charge in [0, 0.05) is 17.3 Å². The fourth-order valence-electron chi connectivity index (χ4n) is 3.13. The van der Waals surface area contributed by atoms with Crippen LogP contribution in [0.25, 0.3) is 0 Å². The first-order valence-corrected chi connectivity index (χ1v) is 12.4. The van der Waals surface area contributed by atoms with Gasteiger partial charge in [0.05, 0.1) is 17.9 Å². The zero-order chi connectivity index (χ0) is 26.5. The summed E-state index contributed by atoms with van der Waals surface area (Å²) in [4.78, 5) is 16.4. The van der Waals surface area contributed by atoms with E-state index in [1.807, 2.05) is 4.72 Å². The number of hydrogen-bond acceptors (Lipinski definition) is 4. The number of nitrogens with one attached hydrogen (secondary N) is 2. The average Bonchev–Trinajstić information content (AvgIpc) is 2.82. The Morgan fingerprint density at radius 1 is 1.03 bits per heavy atom. The van der Waals surface area contributed by atoms with Gasteiger partial charge in [-0.1, -0.05) is 42.2 Å². The number of aromatic nitrogens is 1. The average molecular weight is 520 g/mol. The van der Waals surface area contributed by atoms with Crippen LogP contribution in [0, 0.1) is 17.7 Å². The predicted molar refractivity (Wildman–Crippen MR) is 127 cm³/mol. The van der Waals surface area contributed by atoms with Crippen molar-refractivity contribution >= 4 is 21.6 Å². The zero-order valence-electron chi connectivity index (χ0n) is 19.1. The number of alkyl halides is 3. The standard InChI is InChI=1S/C25H21F4N3O3S/c1-16(18-9-12-22(20(26)14-18)32-36(2,34)35)24(33)31-21(11-8-17-6-4-3-5-7-17)19-10-13-23(30-15-19)25(27,28)29/h3-7,9-10,12-16,21,32H,1-2H3,(H,31,33). The van der Waals surface area contributed by atoms with E-state index in [-0.39, 0.29) is 16.8 Å². The molecular weight excluding hydrogens is 498 g/mol. The van der Waals surface area contributed by atoms with Crippen molar-refractivity contribution in [2.24, 2.45) is 0 Å². The number of benzene rings is 2. The summed E-state index contributed by atoms with van der Waals surface area (Å²) < 4.78 is 77.9. The van der Waals surface area contributed by atoms with Crippen LogP contribution in [-0.2, 0) is 21.0 Å². The molecular formula is C25H21F4N3O3S. The van der Waals surface area contributed by atoms with E-state index < -0.39 is 45.6 Å². The van der Waals surface area contributed by atoms with Gasteiger partial charge in [-0.3, -0.25) is 14.5 Å². The van der Waals surface area contributed by atoms with Gasteiger partial charge in [0.15, 0.2) is 0 Å². The van der Waals surface area contributed by atoms with Gasteiger partial charge >= 0.3 is 6.18 Å². The van der Waals surface area contributed by atoms with Gasteiger partial charge in [-0.2, -0.15) is 13.2 Å². The highest BCUT2D eigenvalue weighted by atomic mass is 32.2. The molecule has 0 spiro atoms. The van der Waals surface area contributed by atoms with Crippen molar-refractivity contribution in [1.29, 1.82) is 0 Å². The number of hydrogen-bond donors (Lipinski definition) is 2. The number of pyridine rings is 1. The van der Waals surface area contributed by atoms with Crippen LogP contribution in [0.1, 0.15) is 41.3 Å². The molecule has 0 aliphatic rings. The smallest absolute Gasteiger partial charge is 0.338 e. The maximum Gasteiger partial charge on any atom is 0.433 e. The lowest BCUT2D eigenvalue weighted by Gasteiger charge is -2.18. The van der Waals surface area contributed by atoms with Crippen LogP contribution in [-0.4, -0.2) is 25.6 Å². The van der Waals surface area contributed by atoms with Crippen LogP contribution in [0.15, 0.2) is 66.9 Å². The molecule has 1 heterocycles. The van der Waals surface area contributed by atoms with Gasteiger partial charge in [0.25, 0.3) is 0 Å². The number of rotatable bonds is 6. The van der Waals surface area contributed by atoms with Gasteiger partial charge in [-0.15, -0.1) is 0 Å². The molecule has 0 aliphatic heterocycles. The zero-order valence-corrected chi connectivity index (χ0v) is 19.9. The van der Waals surface area contributed by atoms with E-state index in [1.165, 1.54) is 25.1 Å². The van der Waals surface area contributed by atoms with E-state index in [0.717, 1.165) is 24.6 Å². The van der Waals surface area contributed by atoms with Crippen LogP contribution in [0.3, 0.4) is 0 Å². The maximum atomic E-state index is 14.4. The molecule has 3 rings (SSSR count). The minimum Gasteiger partial charge on any atom is -0.338 e. The summed E-state index contributed by atoms with van der Waals surface area (Å²) in [5, 5.41) is 2.66. The molecule has 1 amide bonds. The Hall–Kier alpha value is -3.91. The van der Waals surface area contributed by atoms with Crippen molar-refractivity contribution < 1.29 is 30.8 Å². The molecule has 2 aromatic carbocycles. The number of sulfonamides is 1. The monoisotopic (exact) mass is 519 g/mol. The Balaban J connectivity index is 1.87. The Kier molecular flexibility index (Phi) is 8.00. The molecule has 3 aromatic rings. The first-order chi connectivity index (χ1) is 16.8. The molecule has 0 aliphatic carbocycles. The van der Waals surface area contributed by atoms with Crippen LogP contribution in [0.4, 0.5) is 23.2 Å². The summed E-state index contributed by atoms with van der Waals surface area (Å²) in [6.07, 6.45) is -2.75. The second kappa shape index (κ2) is 10.8. The van der Waals surface area contributed by atoms with Gasteiger partial charge in [-0.05, 0) is 42.8 Å². The highest BCUT2D eigenvalue weighted by Gasteiger charge is 2.32. The predicted octanol–water partition coefficient (Wildman–Crippen LogP) is 4.62. The third-order valence-corrected chi connectivity index (χ3v) is 5.60. The summed E-state index contributed by atoms with van der Waals surface area (Å²) in [6.45, 7) is 1.50. The second-order valence-electron chi connectivity index (χ2n) is 7.89. The number of amides is 1. The third kappa shape index (κ3) is 7.29. The summed E-state index contributed by atoms with van der Waals surface area (Å²) in [5.74, 6) is 3.37. The molecule has 2 atom stereocenters. The SMILES string of the molecule is CC(C(=O)NC(C#Cc1ccccc1)c1ccc(C(F)(F)F)nc1)c1ccc(NS(C)(=O)=O)c(F)c1. The number of anilines is 1. The molecule has 188 valence electrons. The second-order valence-corrected chi connectivity index (χ2v) is 9.64. The Morgan fingerprint density at radius 3 is 2.25 bits per heavy atom. The molecule has 2 N–H and O–H groups in total. The number of halogens is 4. The third-order valence-electron chi connectivity index (χ3n) is 5.01. The van der Waals surface area contributed by atoms with Gasteiger partial charge < -0.3 is 5.32 Å². The molecule has 2 unspecified atom stereocenters. The minimum atomic E-state index is -4.62. The van der Waals surface area contributed by atoms with Crippen LogP contribution in [0.5, 0.6) is 0 Å². The van der Waals surface area contributed by atoms with Crippen LogP contribution in [0.2, 0.25) is 0 Å². The summed E-state index contributed by atoms with van der Waals surface area (Å²) in [6, 6.07) is 13.4. The quantitative estimate of drug-likeness (QED) is 0.368. The Labute approximate surface area is 205 Å². The summed E-state index contributed by atoms with van der Waals surface area (Å²) >= 11 is 0. The summed E-state index contributed by atoms with van der Waals surface area (Å²) in [7, 11) is -3.70. The fraction of sp³-hybridized carbons (Fsp3) is 0.200. The highest BCUT2D eigenvalue weighted by Crippen LogP contribution is 2.28. The fourth-order valence-corrected chi connectivity index (χ4v) is 3.69. The van der Waals surface area contributed by atoms with Crippen LogP contribution >= 0.6 is 0 Å². The van der Waals surface area contributed by atoms with E-state index >= 15 is 0 Å². The van der Waals surface area contributed by atoms with E-state index in [4.69, 9.17) is 0 Å². The lowest BCUT2D eigenvalue weighted by molar-refractivity contribution is -0.141. The number of nitrogens with zero attached hydrogens (tertiary/aromatic N) is 1. The lowest BCUT2D eigenvalue weighted by Crippen LogP contribution is -2.31. The largest absolute Gasteiger partial charge is 0.433 e. The molecule has 0 bridgehead atoms. The van der Waals surface area contributed by atoms with Crippen molar-refractivity contribution in [3.8, 4) is 11.8 Å². The maximum absolute atomic E-state index is 14.4. The van der Waals surface area contributed by atoms with E-state index in [2.05, 4.69) is 22.1 Å². The Morgan fingerprint density at radius 2 is 1.69 bits per heavy atom. The molecule has 36 heavy (non-hydrogen) atoms. The molecule has 6 nitrogen and oxygen atoms in total. The summed E-state index contributed by atoms with van der Waals surface area (Å²) in [5.41, 5.74) is -0.244. The van der Waals surface area contributed by atoms with Crippen molar-refractivity contribution in [1.82, 2.24) is 10.3 Å². The molecule has 0 radical (unpaired) electrons. The highest BCUT2D eigenvalue weighted by molar-refractivity contribution is 7.92. The number of carbonyl (C=O) groups is 1. The minimum absolute atomic E-state index is 0.228. The van der Waals surface area contributed by atoms with E-state index in [0.29, 0.717) is 5.56 Å². The normalized spacial score (nSPS) is 13.2. The van der Waals surface area contributed by atoms with Crippen molar-refractivity contribution in [3.05, 3.63) is 95.1 Å². The van der Waals surface area contributed by atoms with Crippen molar-refractivity contribution in [3.63, 3.8) is 0 Å². The molecule has 0 saturated carbocycles. The molecule has 11 heteroatoms. The van der Waals surface area contributed by atoms with Gasteiger partial charge in [0.1, 0.15) is 17.6 Å². The first kappa shape index (κ1) is 26.7. The van der Waals surface area contributed by atoms with Crippen molar-refractivity contribution in [2.45, 2.75) is 25.1 Å².